The SMILES string of the molecule is CCOC(=O)c1nn(-c2ccc(C(C)C)cc2)c(=O)c2c(NC(=O)COc3ccc(OCC)cc3)scc12. The van der Waals surface area contributed by atoms with Crippen LogP contribution in [-0.4, -0.2) is 41.5 Å². The van der Waals surface area contributed by atoms with E-state index in [1.165, 1.54) is 0 Å². The third-order valence-electron chi connectivity index (χ3n) is 5.68. The maximum Gasteiger partial charge on any atom is 0.359 e. The van der Waals surface area contributed by atoms with Crippen molar-refractivity contribution in [3.63, 3.8) is 0 Å². The van der Waals surface area contributed by atoms with Gasteiger partial charge in [0.1, 0.15) is 16.5 Å². The van der Waals surface area contributed by atoms with Gasteiger partial charge in [-0.1, -0.05) is 26.0 Å². The second-order valence-electron chi connectivity index (χ2n) is 8.63. The van der Waals surface area contributed by atoms with E-state index in [1.807, 2.05) is 19.1 Å². The van der Waals surface area contributed by atoms with E-state index in [1.54, 1.807) is 48.7 Å². The summed E-state index contributed by atoms with van der Waals surface area (Å²) in [5, 5.41) is 9.49. The number of ether oxygens (including phenoxy) is 3. The number of amides is 1. The van der Waals surface area contributed by atoms with Gasteiger partial charge in [-0.2, -0.15) is 9.78 Å². The summed E-state index contributed by atoms with van der Waals surface area (Å²) >= 11 is 1.13. The number of nitrogens with zero attached hydrogens (tertiary/aromatic N) is 2. The summed E-state index contributed by atoms with van der Waals surface area (Å²) in [6.45, 7) is 8.17. The lowest BCUT2D eigenvalue weighted by Gasteiger charge is -2.11. The van der Waals surface area contributed by atoms with Gasteiger partial charge >= 0.3 is 5.97 Å². The fourth-order valence-corrected chi connectivity index (χ4v) is 4.73. The molecule has 0 unspecified atom stereocenters. The van der Waals surface area contributed by atoms with Crippen LogP contribution in [-0.2, 0) is 9.53 Å². The number of rotatable bonds is 10. The Bertz CT molecular complexity index is 1490. The Hall–Kier alpha value is -4.18. The van der Waals surface area contributed by atoms with Gasteiger partial charge in [0.25, 0.3) is 11.5 Å². The van der Waals surface area contributed by atoms with Crippen LogP contribution < -0.4 is 20.3 Å². The molecule has 0 fully saturated rings. The second-order valence-corrected chi connectivity index (χ2v) is 9.51. The van der Waals surface area contributed by atoms with E-state index >= 15 is 0 Å². The highest BCUT2D eigenvalue weighted by atomic mass is 32.1. The smallest absolute Gasteiger partial charge is 0.359 e. The van der Waals surface area contributed by atoms with Crippen molar-refractivity contribution in [1.29, 1.82) is 0 Å². The molecule has 2 aromatic heterocycles. The summed E-state index contributed by atoms with van der Waals surface area (Å²) in [7, 11) is 0. The van der Waals surface area contributed by atoms with Gasteiger partial charge in [-0.25, -0.2) is 4.79 Å². The summed E-state index contributed by atoms with van der Waals surface area (Å²) in [4.78, 5) is 39.0. The highest BCUT2D eigenvalue weighted by Gasteiger charge is 2.23. The number of hydrogen-bond donors (Lipinski definition) is 1. The molecule has 4 aromatic rings. The van der Waals surface area contributed by atoms with Gasteiger partial charge in [-0.05, 0) is 61.7 Å². The topological polar surface area (TPSA) is 109 Å². The number of thiophene rings is 1. The molecule has 198 valence electrons. The molecule has 38 heavy (non-hydrogen) atoms. The molecule has 0 aliphatic carbocycles. The highest BCUT2D eigenvalue weighted by Crippen LogP contribution is 2.31. The molecule has 0 atom stereocenters. The van der Waals surface area contributed by atoms with Gasteiger partial charge in [0.05, 0.1) is 24.3 Å². The van der Waals surface area contributed by atoms with Crippen molar-refractivity contribution in [2.45, 2.75) is 33.6 Å². The molecule has 0 bridgehead atoms. The monoisotopic (exact) mass is 535 g/mol. The van der Waals surface area contributed by atoms with Crippen molar-refractivity contribution in [2.24, 2.45) is 0 Å². The van der Waals surface area contributed by atoms with Gasteiger partial charge in [-0.15, -0.1) is 11.3 Å². The molecular weight excluding hydrogens is 506 g/mol. The Morgan fingerprint density at radius 1 is 0.974 bits per heavy atom. The van der Waals surface area contributed by atoms with E-state index in [0.29, 0.717) is 40.1 Å². The van der Waals surface area contributed by atoms with Crippen LogP contribution in [0.25, 0.3) is 16.5 Å². The number of aromatic nitrogens is 2. The standard InChI is InChI=1S/C28H29N3O6S/c1-5-35-20-11-13-21(14-12-20)37-15-23(32)29-26-24-22(16-38-26)25(28(34)36-6-2)30-31(27(24)33)19-9-7-18(8-10-19)17(3)4/h7-14,16-17H,5-6,15H2,1-4H3,(H,29,32). The van der Waals surface area contributed by atoms with Gasteiger partial charge in [0, 0.05) is 10.8 Å². The minimum atomic E-state index is -0.653. The molecule has 0 spiro atoms. The Morgan fingerprint density at radius 2 is 1.63 bits per heavy atom. The largest absolute Gasteiger partial charge is 0.494 e. The molecule has 4 rings (SSSR count). The van der Waals surface area contributed by atoms with Crippen molar-refractivity contribution in [3.05, 3.63) is 75.5 Å². The molecule has 2 heterocycles. The Morgan fingerprint density at radius 3 is 2.24 bits per heavy atom. The third kappa shape index (κ3) is 5.86. The van der Waals surface area contributed by atoms with Crippen LogP contribution in [0.4, 0.5) is 5.00 Å². The first-order chi connectivity index (χ1) is 18.3. The molecule has 1 N–H and O–H groups in total. The molecular formula is C28H29N3O6S. The van der Waals surface area contributed by atoms with E-state index in [-0.39, 0.29) is 24.3 Å². The van der Waals surface area contributed by atoms with Crippen LogP contribution in [0.1, 0.15) is 49.7 Å². The van der Waals surface area contributed by atoms with Gasteiger partial charge in [0.2, 0.25) is 0 Å². The van der Waals surface area contributed by atoms with E-state index < -0.39 is 17.4 Å². The predicted octanol–water partition coefficient (Wildman–Crippen LogP) is 5.16. The average molecular weight is 536 g/mol. The first-order valence-electron chi connectivity index (χ1n) is 12.3. The summed E-state index contributed by atoms with van der Waals surface area (Å²) < 4.78 is 17.3. The predicted molar refractivity (Wildman–Crippen MR) is 147 cm³/mol. The normalized spacial score (nSPS) is 11.0. The van der Waals surface area contributed by atoms with Crippen molar-refractivity contribution in [1.82, 2.24) is 9.78 Å². The van der Waals surface area contributed by atoms with Gasteiger partial charge in [0.15, 0.2) is 12.3 Å². The van der Waals surface area contributed by atoms with Crippen molar-refractivity contribution < 1.29 is 23.8 Å². The van der Waals surface area contributed by atoms with Crippen LogP contribution >= 0.6 is 11.3 Å². The number of hydrogen-bond acceptors (Lipinski definition) is 8. The maximum atomic E-state index is 13.6. The first kappa shape index (κ1) is 26.9. The third-order valence-corrected chi connectivity index (χ3v) is 6.58. The van der Waals surface area contributed by atoms with E-state index in [0.717, 1.165) is 21.6 Å². The number of nitrogens with one attached hydrogen (secondary N) is 1. The zero-order valence-corrected chi connectivity index (χ0v) is 22.5. The van der Waals surface area contributed by atoms with E-state index in [2.05, 4.69) is 24.3 Å². The minimum absolute atomic E-state index is 0.00299. The Balaban J connectivity index is 1.65. The fraction of sp³-hybridized carbons (Fsp3) is 0.286. The number of esters is 1. The van der Waals surface area contributed by atoms with Crippen LogP contribution in [0.3, 0.4) is 0 Å². The molecule has 0 saturated heterocycles. The zero-order valence-electron chi connectivity index (χ0n) is 21.6. The molecule has 0 aliphatic heterocycles. The molecule has 1 amide bonds. The van der Waals surface area contributed by atoms with Gasteiger partial charge in [-0.3, -0.25) is 9.59 Å². The van der Waals surface area contributed by atoms with Gasteiger partial charge < -0.3 is 19.5 Å². The Labute approximate surface area is 224 Å². The van der Waals surface area contributed by atoms with Crippen molar-refractivity contribution in [2.75, 3.05) is 25.1 Å². The van der Waals surface area contributed by atoms with Crippen molar-refractivity contribution in [3.8, 4) is 17.2 Å². The summed E-state index contributed by atoms with van der Waals surface area (Å²) in [5.74, 6) is 0.412. The van der Waals surface area contributed by atoms with Crippen LogP contribution in [0.5, 0.6) is 11.5 Å². The molecule has 2 aromatic carbocycles. The summed E-state index contributed by atoms with van der Waals surface area (Å²) in [5.41, 5.74) is 1.13. The highest BCUT2D eigenvalue weighted by molar-refractivity contribution is 7.16. The number of carbonyl (C=O) groups is 2. The van der Waals surface area contributed by atoms with Crippen LogP contribution in [0.2, 0.25) is 0 Å². The second kappa shape index (κ2) is 11.9. The lowest BCUT2D eigenvalue weighted by atomic mass is 10.0. The number of carbonyl (C=O) groups excluding carboxylic acids is 2. The first-order valence-corrected chi connectivity index (χ1v) is 13.2. The lowest BCUT2D eigenvalue weighted by Crippen LogP contribution is -2.26. The van der Waals surface area contributed by atoms with Crippen LogP contribution in [0, 0.1) is 0 Å². The molecule has 10 heteroatoms. The quantitative estimate of drug-likeness (QED) is 0.279. The average Bonchev–Trinajstić information content (AvgIpc) is 3.33. The maximum absolute atomic E-state index is 13.6. The Kier molecular flexibility index (Phi) is 8.42. The van der Waals surface area contributed by atoms with Crippen LogP contribution in [0.15, 0.2) is 58.7 Å². The molecule has 9 nitrogen and oxygen atoms in total. The van der Waals surface area contributed by atoms with Crippen molar-refractivity contribution >= 4 is 39.0 Å². The lowest BCUT2D eigenvalue weighted by molar-refractivity contribution is -0.118. The molecule has 0 saturated carbocycles. The number of fused-ring (bicyclic) bond motifs is 1. The molecule has 0 aliphatic rings. The zero-order chi connectivity index (χ0) is 27.2. The molecule has 0 radical (unpaired) electrons. The number of anilines is 1. The summed E-state index contributed by atoms with van der Waals surface area (Å²) in [6.07, 6.45) is 0. The number of benzene rings is 2. The van der Waals surface area contributed by atoms with E-state index in [9.17, 15) is 14.4 Å². The fourth-order valence-electron chi connectivity index (χ4n) is 3.78. The minimum Gasteiger partial charge on any atom is -0.494 e. The summed E-state index contributed by atoms with van der Waals surface area (Å²) in [6, 6.07) is 14.3. The van der Waals surface area contributed by atoms with E-state index in [4.69, 9.17) is 14.2 Å².